The number of pyridine rings is 1. The van der Waals surface area contributed by atoms with E-state index in [0.717, 1.165) is 18.4 Å². The molecule has 2 heterocycles. The van der Waals surface area contributed by atoms with Gasteiger partial charge in [0.05, 0.1) is 11.6 Å². The lowest BCUT2D eigenvalue weighted by Crippen LogP contribution is -2.30. The second kappa shape index (κ2) is 6.88. The standard InChI is InChI=1S/C19H16N6O2/c20-10-13-3-5-15(6-4-13)22-17(26)12-24-19(27)25(16-7-8-16)18(23-24)14-2-1-9-21-11-14/h1-6,9,11,16H,7-8,12H2,(H,22,26). The summed E-state index contributed by atoms with van der Waals surface area (Å²) in [6, 6.07) is 12.3. The maximum atomic E-state index is 12.7. The average molecular weight is 360 g/mol. The van der Waals surface area contributed by atoms with Crippen LogP contribution in [0.4, 0.5) is 5.69 Å². The summed E-state index contributed by atoms with van der Waals surface area (Å²) < 4.78 is 2.83. The van der Waals surface area contributed by atoms with Gasteiger partial charge < -0.3 is 5.32 Å². The third kappa shape index (κ3) is 3.48. The van der Waals surface area contributed by atoms with Crippen LogP contribution >= 0.6 is 0 Å². The molecule has 1 aliphatic rings. The molecule has 0 aliphatic heterocycles. The summed E-state index contributed by atoms with van der Waals surface area (Å²) in [5, 5.41) is 15.9. The van der Waals surface area contributed by atoms with Crippen molar-refractivity contribution >= 4 is 11.6 Å². The van der Waals surface area contributed by atoms with E-state index in [2.05, 4.69) is 15.4 Å². The molecule has 0 saturated heterocycles. The lowest BCUT2D eigenvalue weighted by Gasteiger charge is -2.04. The van der Waals surface area contributed by atoms with Gasteiger partial charge in [-0.3, -0.25) is 14.3 Å². The summed E-state index contributed by atoms with van der Waals surface area (Å²) in [5.41, 5.74) is 1.51. The number of hydrogen-bond acceptors (Lipinski definition) is 5. The predicted molar refractivity (Wildman–Crippen MR) is 97.8 cm³/mol. The zero-order valence-electron chi connectivity index (χ0n) is 14.4. The van der Waals surface area contributed by atoms with Gasteiger partial charge in [0.1, 0.15) is 6.54 Å². The molecule has 8 nitrogen and oxygen atoms in total. The SMILES string of the molecule is N#Cc1ccc(NC(=O)Cn2nc(-c3cccnc3)n(C3CC3)c2=O)cc1. The molecule has 0 radical (unpaired) electrons. The molecule has 1 aliphatic carbocycles. The number of rotatable bonds is 5. The highest BCUT2D eigenvalue weighted by Crippen LogP contribution is 2.36. The minimum Gasteiger partial charge on any atom is -0.324 e. The average Bonchev–Trinajstić information content (AvgIpc) is 3.48. The highest BCUT2D eigenvalue weighted by atomic mass is 16.2. The number of nitriles is 1. The van der Waals surface area contributed by atoms with Crippen molar-refractivity contribution in [1.29, 1.82) is 5.26 Å². The van der Waals surface area contributed by atoms with Gasteiger partial charge in [0.2, 0.25) is 5.91 Å². The van der Waals surface area contributed by atoms with Crippen LogP contribution in [0.25, 0.3) is 11.4 Å². The van der Waals surface area contributed by atoms with Crippen molar-refractivity contribution in [2.45, 2.75) is 25.4 Å². The van der Waals surface area contributed by atoms with Gasteiger partial charge >= 0.3 is 5.69 Å². The molecule has 1 amide bonds. The van der Waals surface area contributed by atoms with E-state index in [-0.39, 0.29) is 24.2 Å². The molecule has 2 aromatic heterocycles. The van der Waals surface area contributed by atoms with E-state index in [1.807, 2.05) is 12.1 Å². The predicted octanol–water partition coefficient (Wildman–Crippen LogP) is 1.95. The smallest absolute Gasteiger partial charge is 0.324 e. The maximum Gasteiger partial charge on any atom is 0.346 e. The first-order chi connectivity index (χ1) is 13.2. The fraction of sp³-hybridized carbons (Fsp3) is 0.211. The number of aromatic nitrogens is 4. The number of amides is 1. The van der Waals surface area contributed by atoms with E-state index in [1.165, 1.54) is 4.68 Å². The minimum atomic E-state index is -0.361. The molecule has 134 valence electrons. The molecule has 0 bridgehead atoms. The van der Waals surface area contributed by atoms with Crippen molar-refractivity contribution in [2.24, 2.45) is 0 Å². The summed E-state index contributed by atoms with van der Waals surface area (Å²) in [7, 11) is 0. The Morgan fingerprint density at radius 3 is 2.67 bits per heavy atom. The van der Waals surface area contributed by atoms with Crippen LogP contribution in [0.2, 0.25) is 0 Å². The molecule has 27 heavy (non-hydrogen) atoms. The summed E-state index contributed by atoms with van der Waals surface area (Å²) >= 11 is 0. The minimum absolute atomic E-state index is 0.128. The van der Waals surface area contributed by atoms with E-state index in [0.29, 0.717) is 17.1 Å². The number of anilines is 1. The zero-order valence-corrected chi connectivity index (χ0v) is 14.4. The fourth-order valence-corrected chi connectivity index (χ4v) is 2.84. The molecule has 8 heteroatoms. The molecule has 3 aromatic rings. The Morgan fingerprint density at radius 1 is 1.26 bits per heavy atom. The molecule has 1 saturated carbocycles. The number of carbonyl (C=O) groups is 1. The monoisotopic (exact) mass is 360 g/mol. The van der Waals surface area contributed by atoms with Crippen molar-refractivity contribution in [3.05, 3.63) is 64.8 Å². The van der Waals surface area contributed by atoms with Gasteiger partial charge in [-0.1, -0.05) is 0 Å². The number of nitrogens with one attached hydrogen (secondary N) is 1. The fourth-order valence-electron chi connectivity index (χ4n) is 2.84. The first kappa shape index (κ1) is 16.7. The molecule has 0 atom stereocenters. The quantitative estimate of drug-likeness (QED) is 0.749. The summed E-state index contributed by atoms with van der Waals surface area (Å²) in [6.07, 6.45) is 5.17. The molecule has 1 N–H and O–H groups in total. The first-order valence-corrected chi connectivity index (χ1v) is 8.55. The Kier molecular flexibility index (Phi) is 4.26. The zero-order chi connectivity index (χ0) is 18.8. The Labute approximate surface area is 154 Å². The van der Waals surface area contributed by atoms with Crippen molar-refractivity contribution in [3.8, 4) is 17.5 Å². The molecular weight excluding hydrogens is 344 g/mol. The van der Waals surface area contributed by atoms with Gasteiger partial charge in [0.25, 0.3) is 0 Å². The Morgan fingerprint density at radius 2 is 2.04 bits per heavy atom. The van der Waals surface area contributed by atoms with E-state index in [4.69, 9.17) is 5.26 Å². The normalized spacial score (nSPS) is 13.1. The topological polar surface area (TPSA) is 106 Å². The van der Waals surface area contributed by atoms with Crippen molar-refractivity contribution in [1.82, 2.24) is 19.3 Å². The number of benzene rings is 1. The van der Waals surface area contributed by atoms with Gasteiger partial charge in [0, 0.05) is 29.7 Å². The van der Waals surface area contributed by atoms with Crippen LogP contribution in [0, 0.1) is 11.3 Å². The first-order valence-electron chi connectivity index (χ1n) is 8.55. The van der Waals surface area contributed by atoms with Gasteiger partial charge in [-0.05, 0) is 49.2 Å². The van der Waals surface area contributed by atoms with Crippen molar-refractivity contribution in [2.75, 3.05) is 5.32 Å². The van der Waals surface area contributed by atoms with Crippen molar-refractivity contribution in [3.63, 3.8) is 0 Å². The van der Waals surface area contributed by atoms with Crippen LogP contribution in [-0.4, -0.2) is 25.2 Å². The van der Waals surface area contributed by atoms with E-state index < -0.39 is 0 Å². The molecule has 4 rings (SSSR count). The molecule has 1 fully saturated rings. The van der Waals surface area contributed by atoms with E-state index in [9.17, 15) is 9.59 Å². The highest BCUT2D eigenvalue weighted by molar-refractivity contribution is 5.90. The summed E-state index contributed by atoms with van der Waals surface area (Å²) in [4.78, 5) is 29.2. The number of nitrogens with zero attached hydrogens (tertiary/aromatic N) is 5. The number of carbonyl (C=O) groups excluding carboxylic acids is 1. The van der Waals surface area contributed by atoms with Gasteiger partial charge in [-0.15, -0.1) is 5.10 Å². The third-order valence-electron chi connectivity index (χ3n) is 4.29. The van der Waals surface area contributed by atoms with Crippen LogP contribution < -0.4 is 11.0 Å². The lowest BCUT2D eigenvalue weighted by atomic mass is 10.2. The molecular formula is C19H16N6O2. The van der Waals surface area contributed by atoms with Crippen LogP contribution in [0.15, 0.2) is 53.6 Å². The highest BCUT2D eigenvalue weighted by Gasteiger charge is 2.30. The second-order valence-electron chi connectivity index (χ2n) is 6.34. The maximum absolute atomic E-state index is 12.7. The van der Waals surface area contributed by atoms with Crippen LogP contribution in [0.3, 0.4) is 0 Å². The van der Waals surface area contributed by atoms with Crippen LogP contribution in [0.1, 0.15) is 24.4 Å². The van der Waals surface area contributed by atoms with Gasteiger partial charge in [0.15, 0.2) is 5.82 Å². The largest absolute Gasteiger partial charge is 0.346 e. The Hall–Kier alpha value is -3.73. The van der Waals surface area contributed by atoms with Gasteiger partial charge in [-0.25, -0.2) is 9.48 Å². The van der Waals surface area contributed by atoms with Crippen molar-refractivity contribution < 1.29 is 4.79 Å². The van der Waals surface area contributed by atoms with E-state index in [1.54, 1.807) is 47.3 Å². The van der Waals surface area contributed by atoms with Crippen LogP contribution in [0.5, 0.6) is 0 Å². The second-order valence-corrected chi connectivity index (χ2v) is 6.34. The third-order valence-corrected chi connectivity index (χ3v) is 4.29. The van der Waals surface area contributed by atoms with Crippen LogP contribution in [-0.2, 0) is 11.3 Å². The summed E-state index contributed by atoms with van der Waals surface area (Å²) in [6.45, 7) is -0.189. The van der Waals surface area contributed by atoms with Gasteiger partial charge in [-0.2, -0.15) is 5.26 Å². The van der Waals surface area contributed by atoms with E-state index >= 15 is 0 Å². The molecule has 1 aromatic carbocycles. The Balaban J connectivity index is 1.57. The summed E-state index contributed by atoms with van der Waals surface area (Å²) in [5.74, 6) is 0.168. The lowest BCUT2D eigenvalue weighted by molar-refractivity contribution is -0.117. The molecule has 0 unspecified atom stereocenters. The number of hydrogen-bond donors (Lipinski definition) is 1. The Bertz CT molecular complexity index is 1070. The molecule has 0 spiro atoms.